The lowest BCUT2D eigenvalue weighted by molar-refractivity contribution is 0.0669. The van der Waals surface area contributed by atoms with Gasteiger partial charge in [0.15, 0.2) is 0 Å². The average molecular weight is 343 g/mol. The minimum Gasteiger partial charge on any atom is -0.481 e. The molecule has 3 rings (SSSR count). The maximum Gasteiger partial charge on any atom is 0.261 e. The number of hydrogen-bond acceptors (Lipinski definition) is 5. The van der Waals surface area contributed by atoms with Gasteiger partial charge in [0.2, 0.25) is 5.88 Å². The molecule has 0 aromatic carbocycles. The third-order valence-corrected chi connectivity index (χ3v) is 4.66. The summed E-state index contributed by atoms with van der Waals surface area (Å²) in [6, 6.07) is 6.10. The quantitative estimate of drug-likeness (QED) is 0.850. The number of amides is 1. The van der Waals surface area contributed by atoms with Crippen LogP contribution in [0.2, 0.25) is 0 Å². The van der Waals surface area contributed by atoms with E-state index in [1.165, 1.54) is 0 Å². The number of nitrogens with zero attached hydrogens (tertiary/aromatic N) is 5. The van der Waals surface area contributed by atoms with E-state index in [0.29, 0.717) is 23.7 Å². The fraction of sp³-hybridized carbons (Fsp3) is 0.500. The molecule has 2 aromatic rings. The summed E-state index contributed by atoms with van der Waals surface area (Å²) in [4.78, 5) is 21.8. The maximum atomic E-state index is 13.1. The smallest absolute Gasteiger partial charge is 0.261 e. The highest BCUT2D eigenvalue weighted by molar-refractivity contribution is 5.98. The molecule has 1 fully saturated rings. The highest BCUT2D eigenvalue weighted by atomic mass is 16.5. The second-order valence-corrected chi connectivity index (χ2v) is 6.52. The van der Waals surface area contributed by atoms with E-state index >= 15 is 0 Å². The number of rotatable bonds is 3. The molecule has 7 heteroatoms. The third-order valence-electron chi connectivity index (χ3n) is 4.66. The number of anilines is 1. The van der Waals surface area contributed by atoms with Crippen molar-refractivity contribution < 1.29 is 9.53 Å². The number of ether oxygens (including phenoxy) is 1. The molecular weight excluding hydrogens is 318 g/mol. The predicted octanol–water partition coefficient (Wildman–Crippen LogP) is 1.79. The van der Waals surface area contributed by atoms with E-state index in [0.717, 1.165) is 24.6 Å². The number of hydrogen-bond donors (Lipinski definition) is 0. The molecule has 134 valence electrons. The molecule has 7 nitrogen and oxygen atoms in total. The van der Waals surface area contributed by atoms with Crippen LogP contribution in [0.1, 0.15) is 28.7 Å². The van der Waals surface area contributed by atoms with Gasteiger partial charge in [-0.05, 0) is 32.9 Å². The van der Waals surface area contributed by atoms with Crippen molar-refractivity contribution in [3.05, 3.63) is 35.2 Å². The van der Waals surface area contributed by atoms with Crippen molar-refractivity contribution in [3.8, 4) is 5.88 Å². The molecule has 1 unspecified atom stereocenters. The molecule has 25 heavy (non-hydrogen) atoms. The fourth-order valence-electron chi connectivity index (χ4n) is 3.43. The highest BCUT2D eigenvalue weighted by Crippen LogP contribution is 2.25. The van der Waals surface area contributed by atoms with Gasteiger partial charge >= 0.3 is 0 Å². The van der Waals surface area contributed by atoms with Gasteiger partial charge in [-0.3, -0.25) is 4.79 Å². The Hall–Kier alpha value is -2.57. The van der Waals surface area contributed by atoms with E-state index in [1.807, 2.05) is 36.9 Å². The molecule has 1 atom stereocenters. The van der Waals surface area contributed by atoms with Gasteiger partial charge in [0.05, 0.1) is 12.8 Å². The van der Waals surface area contributed by atoms with Crippen molar-refractivity contribution in [2.45, 2.75) is 26.8 Å². The van der Waals surface area contributed by atoms with E-state index in [9.17, 15) is 4.79 Å². The van der Waals surface area contributed by atoms with Gasteiger partial charge in [-0.25, -0.2) is 9.67 Å². The van der Waals surface area contributed by atoms with Gasteiger partial charge in [-0.1, -0.05) is 6.07 Å². The number of aromatic nitrogens is 3. The molecule has 0 spiro atoms. The molecule has 0 aliphatic carbocycles. The van der Waals surface area contributed by atoms with Gasteiger partial charge in [0, 0.05) is 38.4 Å². The Kier molecular flexibility index (Phi) is 4.65. The molecular formula is C18H25N5O2. The summed E-state index contributed by atoms with van der Waals surface area (Å²) in [5, 5.41) is 4.32. The van der Waals surface area contributed by atoms with E-state index in [2.05, 4.69) is 21.9 Å². The summed E-state index contributed by atoms with van der Waals surface area (Å²) >= 11 is 0. The van der Waals surface area contributed by atoms with Gasteiger partial charge < -0.3 is 14.5 Å². The van der Waals surface area contributed by atoms with Crippen molar-refractivity contribution in [1.29, 1.82) is 0 Å². The average Bonchev–Trinajstić information content (AvgIpc) is 2.87. The number of aryl methyl sites for hydroxylation is 3. The van der Waals surface area contributed by atoms with Crippen molar-refractivity contribution in [1.82, 2.24) is 19.7 Å². The minimum atomic E-state index is -0.0215. The van der Waals surface area contributed by atoms with E-state index < -0.39 is 0 Å². The lowest BCUT2D eigenvalue weighted by Crippen LogP contribution is -2.54. The van der Waals surface area contributed by atoms with E-state index in [4.69, 9.17) is 4.74 Å². The Morgan fingerprint density at radius 2 is 2.04 bits per heavy atom. The topological polar surface area (TPSA) is 63.5 Å². The zero-order valence-corrected chi connectivity index (χ0v) is 15.5. The molecule has 0 N–H and O–H groups in total. The number of piperazine rings is 1. The molecule has 1 aliphatic heterocycles. The molecule has 0 saturated carbocycles. The van der Waals surface area contributed by atoms with Gasteiger partial charge in [0.1, 0.15) is 11.4 Å². The third kappa shape index (κ3) is 3.18. The zero-order chi connectivity index (χ0) is 18.1. The van der Waals surface area contributed by atoms with Crippen LogP contribution < -0.4 is 9.64 Å². The second kappa shape index (κ2) is 6.74. The number of methoxy groups -OCH3 is 1. The van der Waals surface area contributed by atoms with Crippen LogP contribution in [0.15, 0.2) is 18.2 Å². The first-order chi connectivity index (χ1) is 11.9. The SMILES string of the molecule is COc1c(C(=O)N2CCN(c3cccc(C)n3)CC2C)c(C)nn1C. The monoisotopic (exact) mass is 343 g/mol. The van der Waals surface area contributed by atoms with Crippen molar-refractivity contribution in [3.63, 3.8) is 0 Å². The van der Waals surface area contributed by atoms with Crippen LogP contribution in [0.5, 0.6) is 5.88 Å². The summed E-state index contributed by atoms with van der Waals surface area (Å²) in [7, 11) is 3.35. The van der Waals surface area contributed by atoms with Crippen LogP contribution in [0.4, 0.5) is 5.82 Å². The first kappa shape index (κ1) is 17.3. The highest BCUT2D eigenvalue weighted by Gasteiger charge is 2.32. The lowest BCUT2D eigenvalue weighted by atomic mass is 10.1. The Bertz CT molecular complexity index is 786. The molecule has 1 saturated heterocycles. The standard InChI is InChI=1S/C18H25N5O2/c1-12-7-6-8-15(19-12)22-9-10-23(13(2)11-22)17(24)16-14(3)20-21(4)18(16)25-5/h6-8,13H,9-11H2,1-5H3. The Balaban J connectivity index is 1.79. The molecule has 1 amide bonds. The van der Waals surface area contributed by atoms with Crippen LogP contribution in [0.25, 0.3) is 0 Å². The summed E-state index contributed by atoms with van der Waals surface area (Å²) in [5.74, 6) is 1.46. The summed E-state index contributed by atoms with van der Waals surface area (Å²) in [6.07, 6.45) is 0. The van der Waals surface area contributed by atoms with Gasteiger partial charge in [-0.2, -0.15) is 5.10 Å². The van der Waals surface area contributed by atoms with E-state index in [1.54, 1.807) is 18.8 Å². The first-order valence-electron chi connectivity index (χ1n) is 8.49. The van der Waals surface area contributed by atoms with Crippen LogP contribution in [-0.4, -0.2) is 58.4 Å². The van der Waals surface area contributed by atoms with Crippen molar-refractivity contribution in [2.75, 3.05) is 31.6 Å². The van der Waals surface area contributed by atoms with Crippen LogP contribution in [0, 0.1) is 13.8 Å². The summed E-state index contributed by atoms with van der Waals surface area (Å²) in [5.41, 5.74) is 2.25. The Labute approximate surface area is 148 Å². The Morgan fingerprint density at radius 3 is 2.68 bits per heavy atom. The minimum absolute atomic E-state index is 0.0215. The van der Waals surface area contributed by atoms with Gasteiger partial charge in [-0.15, -0.1) is 0 Å². The lowest BCUT2D eigenvalue weighted by Gasteiger charge is -2.40. The van der Waals surface area contributed by atoms with E-state index in [-0.39, 0.29) is 11.9 Å². The first-order valence-corrected chi connectivity index (χ1v) is 8.49. The van der Waals surface area contributed by atoms with Gasteiger partial charge in [0.25, 0.3) is 5.91 Å². The summed E-state index contributed by atoms with van der Waals surface area (Å²) < 4.78 is 6.99. The molecule has 2 aromatic heterocycles. The molecule has 0 radical (unpaired) electrons. The maximum absolute atomic E-state index is 13.1. The molecule has 3 heterocycles. The fourth-order valence-corrected chi connectivity index (χ4v) is 3.43. The van der Waals surface area contributed by atoms with Crippen molar-refractivity contribution in [2.24, 2.45) is 7.05 Å². The summed E-state index contributed by atoms with van der Waals surface area (Å²) in [6.45, 7) is 8.06. The number of pyridine rings is 1. The zero-order valence-electron chi connectivity index (χ0n) is 15.5. The normalized spacial score (nSPS) is 17.7. The van der Waals surface area contributed by atoms with Crippen LogP contribution in [0.3, 0.4) is 0 Å². The molecule has 0 bridgehead atoms. The van der Waals surface area contributed by atoms with Crippen LogP contribution in [-0.2, 0) is 7.05 Å². The van der Waals surface area contributed by atoms with Crippen molar-refractivity contribution >= 4 is 11.7 Å². The molecule has 1 aliphatic rings. The van der Waals surface area contributed by atoms with Crippen LogP contribution >= 0.6 is 0 Å². The number of carbonyl (C=O) groups excluding carboxylic acids is 1. The predicted molar refractivity (Wildman–Crippen MR) is 96.2 cm³/mol. The second-order valence-electron chi connectivity index (χ2n) is 6.52. The largest absolute Gasteiger partial charge is 0.481 e. The number of carbonyl (C=O) groups is 1. The Morgan fingerprint density at radius 1 is 1.28 bits per heavy atom.